The zero-order valence-electron chi connectivity index (χ0n) is 17.9. The summed E-state index contributed by atoms with van der Waals surface area (Å²) in [5, 5.41) is 4.50. The fourth-order valence-corrected chi connectivity index (χ4v) is 3.84. The average molecular weight is 401 g/mol. The Balaban J connectivity index is 1.39. The molecule has 1 aliphatic heterocycles. The molecule has 1 amide bonds. The third-order valence-electron chi connectivity index (χ3n) is 5.73. The van der Waals surface area contributed by atoms with Gasteiger partial charge in [-0.15, -0.1) is 0 Å². The van der Waals surface area contributed by atoms with Crippen LogP contribution in [0.15, 0.2) is 67.0 Å². The number of para-hydroxylation sites is 1. The van der Waals surface area contributed by atoms with Crippen LogP contribution < -0.4 is 4.90 Å². The second-order valence-corrected chi connectivity index (χ2v) is 7.97. The van der Waals surface area contributed by atoms with Crippen molar-refractivity contribution in [3.05, 3.63) is 83.7 Å². The van der Waals surface area contributed by atoms with Crippen molar-refractivity contribution in [3.63, 3.8) is 0 Å². The molecule has 2 aromatic carbocycles. The number of hydrogen-bond donors (Lipinski definition) is 0. The first-order valence-electron chi connectivity index (χ1n) is 10.4. The number of nitrogens with zero attached hydrogens (tertiary/aromatic N) is 4. The van der Waals surface area contributed by atoms with Crippen molar-refractivity contribution in [1.29, 1.82) is 0 Å². The molecule has 0 aliphatic carbocycles. The Morgan fingerprint density at radius 2 is 1.93 bits per heavy atom. The first-order chi connectivity index (χ1) is 14.5. The van der Waals surface area contributed by atoms with Gasteiger partial charge in [-0.1, -0.05) is 36.4 Å². The van der Waals surface area contributed by atoms with Crippen LogP contribution in [0.5, 0.6) is 0 Å². The maximum atomic E-state index is 12.8. The Kier molecular flexibility index (Phi) is 5.81. The summed E-state index contributed by atoms with van der Waals surface area (Å²) in [6.07, 6.45) is 7.15. The summed E-state index contributed by atoms with van der Waals surface area (Å²) in [6.45, 7) is 6.17. The molecule has 5 heteroatoms. The van der Waals surface area contributed by atoms with Gasteiger partial charge in [-0.2, -0.15) is 5.10 Å². The number of aromatic nitrogens is 2. The van der Waals surface area contributed by atoms with Gasteiger partial charge in [-0.05, 0) is 55.2 Å². The topological polar surface area (TPSA) is 41.4 Å². The highest BCUT2D eigenvalue weighted by atomic mass is 16.2. The highest BCUT2D eigenvalue weighted by molar-refractivity contribution is 5.95. The molecule has 0 bridgehead atoms. The van der Waals surface area contributed by atoms with E-state index in [4.69, 9.17) is 0 Å². The normalized spacial score (nSPS) is 14.4. The fraction of sp³-hybridized carbons (Fsp3) is 0.280. The van der Waals surface area contributed by atoms with Crippen molar-refractivity contribution in [2.75, 3.05) is 31.6 Å². The van der Waals surface area contributed by atoms with Crippen LogP contribution >= 0.6 is 0 Å². The third kappa shape index (κ3) is 4.36. The molecular weight excluding hydrogens is 372 g/mol. The van der Waals surface area contributed by atoms with E-state index in [1.165, 1.54) is 5.57 Å². The van der Waals surface area contributed by atoms with Crippen LogP contribution in [0.25, 0.3) is 11.3 Å². The molecule has 2 heterocycles. The predicted octanol–water partition coefficient (Wildman–Crippen LogP) is 4.24. The van der Waals surface area contributed by atoms with Gasteiger partial charge >= 0.3 is 0 Å². The number of anilines is 1. The number of hydrogen-bond acceptors (Lipinski definition) is 3. The lowest BCUT2D eigenvalue weighted by Crippen LogP contribution is -2.40. The summed E-state index contributed by atoms with van der Waals surface area (Å²) in [7, 11) is 1.87. The van der Waals surface area contributed by atoms with E-state index in [-0.39, 0.29) is 5.91 Å². The molecule has 0 unspecified atom stereocenters. The van der Waals surface area contributed by atoms with Crippen molar-refractivity contribution < 1.29 is 4.79 Å². The van der Waals surface area contributed by atoms with Crippen molar-refractivity contribution >= 4 is 17.2 Å². The lowest BCUT2D eigenvalue weighted by Gasteiger charge is -2.28. The number of benzene rings is 2. The maximum absolute atomic E-state index is 12.8. The fourth-order valence-electron chi connectivity index (χ4n) is 3.84. The molecule has 4 rings (SSSR count). The van der Waals surface area contributed by atoms with Crippen LogP contribution in [0.1, 0.15) is 23.1 Å². The number of carbonyl (C=O) groups is 1. The monoisotopic (exact) mass is 400 g/mol. The van der Waals surface area contributed by atoms with E-state index in [1.807, 2.05) is 55.2 Å². The quantitative estimate of drug-likeness (QED) is 0.643. The van der Waals surface area contributed by atoms with Crippen LogP contribution in [0, 0.1) is 13.8 Å². The largest absolute Gasteiger partial charge is 0.314 e. The Morgan fingerprint density at radius 3 is 2.67 bits per heavy atom. The van der Waals surface area contributed by atoms with E-state index in [2.05, 4.69) is 47.4 Å². The Morgan fingerprint density at radius 1 is 1.13 bits per heavy atom. The maximum Gasteiger partial charge on any atom is 0.240 e. The molecule has 0 atom stereocenters. The third-order valence-corrected chi connectivity index (χ3v) is 5.73. The first kappa shape index (κ1) is 20.1. The van der Waals surface area contributed by atoms with Crippen molar-refractivity contribution in [1.82, 2.24) is 14.7 Å². The minimum atomic E-state index is 0.123. The summed E-state index contributed by atoms with van der Waals surface area (Å²) in [6, 6.07) is 16.4. The second-order valence-electron chi connectivity index (χ2n) is 7.97. The summed E-state index contributed by atoms with van der Waals surface area (Å²) < 4.78 is 1.91. The zero-order valence-corrected chi connectivity index (χ0v) is 17.9. The molecule has 5 nitrogen and oxygen atoms in total. The standard InChI is InChI=1S/C25H28N4O/c1-19-9-10-20(2)24(15-19)27(3)25(30)18-28-13-11-21(12-14-28)22-16-26-29(17-22)23-7-5-4-6-8-23/h4-11,15-17H,12-14,18H2,1-3H3. The first-order valence-corrected chi connectivity index (χ1v) is 10.4. The van der Waals surface area contributed by atoms with Gasteiger partial charge in [-0.3, -0.25) is 9.69 Å². The van der Waals surface area contributed by atoms with E-state index in [0.717, 1.165) is 47.6 Å². The number of rotatable bonds is 5. The lowest BCUT2D eigenvalue weighted by atomic mass is 10.0. The van der Waals surface area contributed by atoms with Gasteiger partial charge in [-0.25, -0.2) is 4.68 Å². The van der Waals surface area contributed by atoms with Gasteiger partial charge in [0.25, 0.3) is 0 Å². The van der Waals surface area contributed by atoms with Crippen LogP contribution in [0.2, 0.25) is 0 Å². The molecule has 0 saturated carbocycles. The van der Waals surface area contributed by atoms with Crippen molar-refractivity contribution in [2.45, 2.75) is 20.3 Å². The predicted molar refractivity (Wildman–Crippen MR) is 122 cm³/mol. The van der Waals surface area contributed by atoms with Crippen LogP contribution in [0.4, 0.5) is 5.69 Å². The second kappa shape index (κ2) is 8.67. The molecule has 1 aromatic heterocycles. The van der Waals surface area contributed by atoms with Gasteiger partial charge in [0.1, 0.15) is 0 Å². The Bertz CT molecular complexity index is 1070. The molecule has 0 spiro atoms. The van der Waals surface area contributed by atoms with Gasteiger partial charge < -0.3 is 4.90 Å². The van der Waals surface area contributed by atoms with Crippen LogP contribution in [-0.2, 0) is 4.79 Å². The smallest absolute Gasteiger partial charge is 0.240 e. The minimum Gasteiger partial charge on any atom is -0.314 e. The lowest BCUT2D eigenvalue weighted by molar-refractivity contribution is -0.119. The summed E-state index contributed by atoms with van der Waals surface area (Å²) in [5.74, 6) is 0.123. The number of likely N-dealkylation sites (N-methyl/N-ethyl adjacent to an activating group) is 1. The number of amides is 1. The van der Waals surface area contributed by atoms with Gasteiger partial charge in [0, 0.05) is 37.6 Å². The van der Waals surface area contributed by atoms with E-state index >= 15 is 0 Å². The van der Waals surface area contributed by atoms with Crippen LogP contribution in [0.3, 0.4) is 0 Å². The Labute approximate surface area is 178 Å². The van der Waals surface area contributed by atoms with Gasteiger partial charge in [0.2, 0.25) is 5.91 Å². The summed E-state index contributed by atoms with van der Waals surface area (Å²) >= 11 is 0. The average Bonchev–Trinajstić information content (AvgIpc) is 3.26. The van der Waals surface area contributed by atoms with Crippen molar-refractivity contribution in [3.8, 4) is 5.69 Å². The highest BCUT2D eigenvalue weighted by Gasteiger charge is 2.20. The van der Waals surface area contributed by atoms with Crippen molar-refractivity contribution in [2.24, 2.45) is 0 Å². The molecular formula is C25H28N4O. The van der Waals surface area contributed by atoms with E-state index in [9.17, 15) is 4.79 Å². The van der Waals surface area contributed by atoms with Gasteiger partial charge in [0.15, 0.2) is 0 Å². The molecule has 0 N–H and O–H groups in total. The molecule has 30 heavy (non-hydrogen) atoms. The molecule has 1 aliphatic rings. The highest BCUT2D eigenvalue weighted by Crippen LogP contribution is 2.24. The summed E-state index contributed by atoms with van der Waals surface area (Å²) in [4.78, 5) is 16.8. The number of aryl methyl sites for hydroxylation is 2. The minimum absolute atomic E-state index is 0.123. The van der Waals surface area contributed by atoms with E-state index in [1.54, 1.807) is 4.90 Å². The Hall–Kier alpha value is -3.18. The molecule has 154 valence electrons. The van der Waals surface area contributed by atoms with Crippen LogP contribution in [-0.4, -0.2) is 47.3 Å². The molecule has 3 aromatic rings. The van der Waals surface area contributed by atoms with Gasteiger partial charge in [0.05, 0.1) is 18.4 Å². The molecule has 0 radical (unpaired) electrons. The van der Waals surface area contributed by atoms with E-state index < -0.39 is 0 Å². The van der Waals surface area contributed by atoms with E-state index in [0.29, 0.717) is 6.54 Å². The summed E-state index contributed by atoms with van der Waals surface area (Å²) in [5.41, 5.74) is 6.77. The molecule has 0 fully saturated rings. The molecule has 0 saturated heterocycles. The SMILES string of the molecule is Cc1ccc(C)c(N(C)C(=O)CN2CC=C(c3cnn(-c4ccccc4)c3)CC2)c1. The number of carbonyl (C=O) groups excluding carboxylic acids is 1. The zero-order chi connectivity index (χ0) is 21.1.